The highest BCUT2D eigenvalue weighted by Crippen LogP contribution is 2.37. The Kier molecular flexibility index (Phi) is 6.00. The van der Waals surface area contributed by atoms with Crippen LogP contribution >= 0.6 is 23.5 Å². The minimum Gasteiger partial charge on any atom is -0.495 e. The van der Waals surface area contributed by atoms with E-state index < -0.39 is 0 Å². The van der Waals surface area contributed by atoms with Gasteiger partial charge in [-0.1, -0.05) is 28.9 Å². The van der Waals surface area contributed by atoms with Crippen LogP contribution in [0.3, 0.4) is 0 Å². The molecule has 0 bridgehead atoms. The first-order chi connectivity index (χ1) is 16.5. The minimum absolute atomic E-state index is 0.237. The van der Waals surface area contributed by atoms with Crippen LogP contribution in [0.25, 0.3) is 27.7 Å². The number of methoxy groups -OCH3 is 1. The fourth-order valence-corrected chi connectivity index (χ4v) is 4.58. The van der Waals surface area contributed by atoms with Crippen LogP contribution in [0.15, 0.2) is 93.3 Å². The van der Waals surface area contributed by atoms with E-state index in [0.29, 0.717) is 38.9 Å². The van der Waals surface area contributed by atoms with Gasteiger partial charge in [0.25, 0.3) is 5.56 Å². The van der Waals surface area contributed by atoms with Gasteiger partial charge in [0.15, 0.2) is 5.82 Å². The molecule has 170 valence electrons. The summed E-state index contributed by atoms with van der Waals surface area (Å²) in [4.78, 5) is 14.0. The summed E-state index contributed by atoms with van der Waals surface area (Å²) in [6.07, 6.45) is 1.49. The fourth-order valence-electron chi connectivity index (χ4n) is 3.67. The van der Waals surface area contributed by atoms with Crippen molar-refractivity contribution in [2.45, 2.75) is 4.90 Å². The van der Waals surface area contributed by atoms with Crippen molar-refractivity contribution in [3.8, 4) is 22.6 Å². The number of nitrogens with zero attached hydrogens (tertiary/aromatic N) is 2. The van der Waals surface area contributed by atoms with Gasteiger partial charge in [-0.25, -0.2) is 4.39 Å². The van der Waals surface area contributed by atoms with Gasteiger partial charge in [-0.3, -0.25) is 9.36 Å². The molecule has 6 nitrogen and oxygen atoms in total. The number of rotatable bonds is 6. The normalized spacial score (nSPS) is 11.0. The average Bonchev–Trinajstić information content (AvgIpc) is 3.36. The topological polar surface area (TPSA) is 69.3 Å². The van der Waals surface area contributed by atoms with Gasteiger partial charge in [-0.2, -0.15) is 0 Å². The fraction of sp³-hybridized carbons (Fsp3) is 0.0400. The molecule has 0 fully saturated rings. The van der Waals surface area contributed by atoms with Crippen LogP contribution in [0.2, 0.25) is 5.02 Å². The number of anilines is 1. The third-order valence-corrected chi connectivity index (χ3v) is 6.34. The Morgan fingerprint density at radius 3 is 2.74 bits per heavy atom. The van der Waals surface area contributed by atoms with Gasteiger partial charge < -0.3 is 14.0 Å². The molecule has 0 atom stereocenters. The second-order valence-electron chi connectivity index (χ2n) is 7.33. The maximum absolute atomic E-state index is 13.9. The standard InChI is InChI=1S/C25H17ClFN3O3S/c1-32-23-14-20(26)19(15-3-2-4-17(27)11-15)13-22(23)30-21-7-6-18(12-16(21)5-8-25(30)31)34-29-24-9-10-33-28-24/h2-14H,1H3,(H,28,29). The lowest BCUT2D eigenvalue weighted by atomic mass is 10.0. The number of benzene rings is 3. The summed E-state index contributed by atoms with van der Waals surface area (Å²) in [7, 11) is 1.51. The Hall–Kier alpha value is -3.75. The molecule has 0 unspecified atom stereocenters. The molecule has 0 aliphatic carbocycles. The molecule has 0 amide bonds. The first-order valence-electron chi connectivity index (χ1n) is 10.2. The number of hydrogen-bond acceptors (Lipinski definition) is 6. The summed E-state index contributed by atoms with van der Waals surface area (Å²) in [5.41, 5.74) is 2.14. The Labute approximate surface area is 203 Å². The number of pyridine rings is 1. The van der Waals surface area contributed by atoms with E-state index in [2.05, 4.69) is 9.88 Å². The van der Waals surface area contributed by atoms with Crippen molar-refractivity contribution in [2.24, 2.45) is 0 Å². The predicted molar refractivity (Wildman–Crippen MR) is 132 cm³/mol. The Bertz CT molecular complexity index is 1550. The Morgan fingerprint density at radius 2 is 1.97 bits per heavy atom. The van der Waals surface area contributed by atoms with Gasteiger partial charge in [-0.15, -0.1) is 0 Å². The SMILES string of the molecule is COc1cc(Cl)c(-c2cccc(F)c2)cc1-n1c(=O)ccc2cc(SNc3ccon3)ccc21. The molecule has 0 saturated carbocycles. The number of fused-ring (bicyclic) bond motifs is 1. The molecule has 0 aliphatic rings. The van der Waals surface area contributed by atoms with Crippen LogP contribution in [0, 0.1) is 5.82 Å². The van der Waals surface area contributed by atoms with E-state index in [-0.39, 0.29) is 11.4 Å². The van der Waals surface area contributed by atoms with E-state index >= 15 is 0 Å². The second kappa shape index (κ2) is 9.24. The van der Waals surface area contributed by atoms with Gasteiger partial charge in [0.1, 0.15) is 17.8 Å². The number of aromatic nitrogens is 2. The molecule has 0 radical (unpaired) electrons. The van der Waals surface area contributed by atoms with E-state index in [9.17, 15) is 9.18 Å². The zero-order valence-electron chi connectivity index (χ0n) is 17.8. The highest BCUT2D eigenvalue weighted by atomic mass is 35.5. The molecule has 2 aromatic heterocycles. The maximum atomic E-state index is 13.9. The Morgan fingerprint density at radius 1 is 1.09 bits per heavy atom. The highest BCUT2D eigenvalue weighted by Gasteiger charge is 2.16. The van der Waals surface area contributed by atoms with Gasteiger partial charge in [-0.05, 0) is 65.4 Å². The van der Waals surface area contributed by atoms with Crippen molar-refractivity contribution in [3.05, 3.63) is 100 Å². The molecule has 0 spiro atoms. The number of hydrogen-bond donors (Lipinski definition) is 1. The number of ether oxygens (including phenoxy) is 1. The van der Waals surface area contributed by atoms with Crippen LogP contribution in [0.4, 0.5) is 10.2 Å². The summed E-state index contributed by atoms with van der Waals surface area (Å²) in [6, 6.07) is 20.2. The van der Waals surface area contributed by atoms with Crippen molar-refractivity contribution in [1.82, 2.24) is 9.72 Å². The monoisotopic (exact) mass is 493 g/mol. The summed E-state index contributed by atoms with van der Waals surface area (Å²) >= 11 is 7.87. The van der Waals surface area contributed by atoms with Crippen LogP contribution in [0.1, 0.15) is 0 Å². The van der Waals surface area contributed by atoms with Crippen molar-refractivity contribution < 1.29 is 13.7 Å². The van der Waals surface area contributed by atoms with Crippen LogP contribution in [-0.2, 0) is 0 Å². The van der Waals surface area contributed by atoms with Crippen molar-refractivity contribution in [2.75, 3.05) is 11.8 Å². The molecule has 5 aromatic rings. The van der Waals surface area contributed by atoms with Gasteiger partial charge in [0, 0.05) is 28.7 Å². The van der Waals surface area contributed by atoms with E-state index in [1.165, 1.54) is 43.5 Å². The molecule has 2 heterocycles. The van der Waals surface area contributed by atoms with Gasteiger partial charge >= 0.3 is 0 Å². The van der Waals surface area contributed by atoms with Crippen LogP contribution in [-0.4, -0.2) is 16.8 Å². The lowest BCUT2D eigenvalue weighted by molar-refractivity contribution is 0.413. The second-order valence-corrected chi connectivity index (χ2v) is 8.62. The van der Waals surface area contributed by atoms with Crippen LogP contribution in [0.5, 0.6) is 5.75 Å². The van der Waals surface area contributed by atoms with E-state index in [1.807, 2.05) is 18.2 Å². The molecule has 0 saturated heterocycles. The average molecular weight is 494 g/mol. The third kappa shape index (κ3) is 4.25. The molecule has 3 aromatic carbocycles. The first-order valence-corrected chi connectivity index (χ1v) is 11.4. The van der Waals surface area contributed by atoms with Gasteiger partial charge in [0.05, 0.1) is 23.3 Å². The zero-order chi connectivity index (χ0) is 23.7. The summed E-state index contributed by atoms with van der Waals surface area (Å²) < 4.78 is 28.9. The molecule has 34 heavy (non-hydrogen) atoms. The molecular weight excluding hydrogens is 477 g/mol. The maximum Gasteiger partial charge on any atom is 0.255 e. The van der Waals surface area contributed by atoms with Crippen molar-refractivity contribution in [3.63, 3.8) is 0 Å². The molecule has 5 rings (SSSR count). The zero-order valence-corrected chi connectivity index (χ0v) is 19.4. The van der Waals surface area contributed by atoms with Crippen molar-refractivity contribution >= 4 is 40.3 Å². The summed E-state index contributed by atoms with van der Waals surface area (Å²) in [5.74, 6) is 0.647. The number of halogens is 2. The van der Waals surface area contributed by atoms with Crippen LogP contribution < -0.4 is 15.0 Å². The van der Waals surface area contributed by atoms with E-state index in [1.54, 1.807) is 41.0 Å². The quantitative estimate of drug-likeness (QED) is 0.270. The summed E-state index contributed by atoms with van der Waals surface area (Å²) in [5, 5.41) is 5.05. The molecule has 0 aliphatic heterocycles. The lowest BCUT2D eigenvalue weighted by Crippen LogP contribution is -2.18. The van der Waals surface area contributed by atoms with E-state index in [0.717, 1.165) is 10.3 Å². The minimum atomic E-state index is -0.377. The third-order valence-electron chi connectivity index (χ3n) is 5.22. The molecular formula is C25H17ClFN3O3S. The smallest absolute Gasteiger partial charge is 0.255 e. The summed E-state index contributed by atoms with van der Waals surface area (Å²) in [6.45, 7) is 0. The molecule has 1 N–H and O–H groups in total. The predicted octanol–water partition coefficient (Wildman–Crippen LogP) is 6.57. The lowest BCUT2D eigenvalue weighted by Gasteiger charge is -2.17. The Balaban J connectivity index is 1.63. The van der Waals surface area contributed by atoms with Gasteiger partial charge in [0.2, 0.25) is 0 Å². The first kappa shape index (κ1) is 22.1. The molecule has 9 heteroatoms. The largest absolute Gasteiger partial charge is 0.495 e. The van der Waals surface area contributed by atoms with E-state index in [4.69, 9.17) is 20.9 Å². The highest BCUT2D eigenvalue weighted by molar-refractivity contribution is 8.00. The number of nitrogens with one attached hydrogen (secondary N) is 1. The van der Waals surface area contributed by atoms with Crippen molar-refractivity contribution in [1.29, 1.82) is 0 Å².